The number of hydrogen-bond acceptors (Lipinski definition) is 2. The summed E-state index contributed by atoms with van der Waals surface area (Å²) < 4.78 is 30.7. The van der Waals surface area contributed by atoms with Gasteiger partial charge in [0.2, 0.25) is 0 Å². The van der Waals surface area contributed by atoms with Gasteiger partial charge >= 0.3 is 10.3 Å². The Hall–Kier alpha value is -1.07. The maximum Gasteiger partial charge on any atom is 0.357 e. The molecule has 0 unspecified atom stereocenters. The van der Waals surface area contributed by atoms with Gasteiger partial charge in [-0.05, 0) is 18.2 Å². The molecule has 0 aliphatic rings. The third-order valence-electron chi connectivity index (χ3n) is 0.965. The molecule has 0 aliphatic carbocycles. The van der Waals surface area contributed by atoms with Crippen molar-refractivity contribution in [2.45, 2.75) is 0 Å². The Morgan fingerprint density at radius 1 is 1.36 bits per heavy atom. The van der Waals surface area contributed by atoms with Crippen LogP contribution in [-0.2, 0) is 10.3 Å². The van der Waals surface area contributed by atoms with Gasteiger partial charge in [-0.2, -0.15) is 8.42 Å². The summed E-state index contributed by atoms with van der Waals surface area (Å²) >= 11 is 0. The van der Waals surface area contributed by atoms with Crippen LogP contribution in [0.2, 0.25) is 0 Å². The van der Waals surface area contributed by atoms with E-state index >= 15 is 0 Å². The molecule has 1 aromatic rings. The van der Waals surface area contributed by atoms with Gasteiger partial charge in [-0.25, -0.2) is 0 Å². The van der Waals surface area contributed by atoms with Crippen LogP contribution in [0.1, 0.15) is 0 Å². The molecule has 0 saturated carbocycles. The SMILES string of the molecule is O=S(=O)(O)Nc1cc[c]cc1. The number of nitrogens with one attached hydrogen (secondary N) is 1. The number of benzene rings is 1. The zero-order valence-corrected chi connectivity index (χ0v) is 6.30. The molecule has 0 amide bonds. The fraction of sp³-hybridized carbons (Fsp3) is 0. The molecule has 2 N–H and O–H groups in total. The van der Waals surface area contributed by atoms with Crippen molar-refractivity contribution in [1.29, 1.82) is 0 Å². The minimum absolute atomic E-state index is 0.311. The van der Waals surface area contributed by atoms with Gasteiger partial charge in [0.05, 0.1) is 5.69 Å². The second-order valence-corrected chi connectivity index (χ2v) is 3.02. The first-order valence-corrected chi connectivity index (χ1v) is 4.23. The van der Waals surface area contributed by atoms with Crippen molar-refractivity contribution in [3.8, 4) is 0 Å². The van der Waals surface area contributed by atoms with Gasteiger partial charge in [-0.3, -0.25) is 9.27 Å². The van der Waals surface area contributed by atoms with Crippen LogP contribution in [0.5, 0.6) is 0 Å². The van der Waals surface area contributed by atoms with E-state index in [0.29, 0.717) is 5.69 Å². The smallest absolute Gasteiger partial charge is 0.269 e. The summed E-state index contributed by atoms with van der Waals surface area (Å²) in [5.41, 5.74) is 0.311. The summed E-state index contributed by atoms with van der Waals surface area (Å²) in [6.45, 7) is 0. The molecule has 0 fully saturated rings. The zero-order chi connectivity index (χ0) is 8.32. The van der Waals surface area contributed by atoms with Gasteiger partial charge in [-0.15, -0.1) is 0 Å². The highest BCUT2D eigenvalue weighted by Gasteiger charge is 2.01. The molecule has 1 rings (SSSR count). The molecule has 4 nitrogen and oxygen atoms in total. The fourth-order valence-electron chi connectivity index (χ4n) is 0.604. The first-order valence-electron chi connectivity index (χ1n) is 2.79. The van der Waals surface area contributed by atoms with Crippen LogP contribution in [0, 0.1) is 6.07 Å². The van der Waals surface area contributed by atoms with Crippen molar-refractivity contribution in [2.75, 3.05) is 4.72 Å². The third-order valence-corrected chi connectivity index (χ3v) is 1.46. The van der Waals surface area contributed by atoms with Crippen LogP contribution in [-0.4, -0.2) is 13.0 Å². The quantitative estimate of drug-likeness (QED) is 0.645. The Labute approximate surface area is 64.7 Å². The van der Waals surface area contributed by atoms with E-state index in [1.165, 1.54) is 24.3 Å². The minimum atomic E-state index is -4.14. The molecular formula is C6H6NO3S. The molecule has 5 heteroatoms. The Bertz CT molecular complexity index is 319. The van der Waals surface area contributed by atoms with Crippen molar-refractivity contribution in [2.24, 2.45) is 0 Å². The summed E-state index contributed by atoms with van der Waals surface area (Å²) in [4.78, 5) is 0. The summed E-state index contributed by atoms with van der Waals surface area (Å²) in [5.74, 6) is 0. The predicted octanol–water partition coefficient (Wildman–Crippen LogP) is 0.701. The number of anilines is 1. The van der Waals surface area contributed by atoms with Crippen LogP contribution >= 0.6 is 0 Å². The van der Waals surface area contributed by atoms with E-state index in [2.05, 4.69) is 6.07 Å². The van der Waals surface area contributed by atoms with E-state index in [1.54, 1.807) is 0 Å². The maximum absolute atomic E-state index is 10.2. The second kappa shape index (κ2) is 2.89. The van der Waals surface area contributed by atoms with Crippen LogP contribution in [0.15, 0.2) is 24.3 Å². The summed E-state index contributed by atoms with van der Waals surface area (Å²) in [6.07, 6.45) is 0. The normalized spacial score (nSPS) is 11.0. The van der Waals surface area contributed by atoms with Gasteiger partial charge in [-0.1, -0.05) is 12.1 Å². The van der Waals surface area contributed by atoms with Crippen molar-refractivity contribution in [3.05, 3.63) is 30.3 Å². The van der Waals surface area contributed by atoms with E-state index in [9.17, 15) is 8.42 Å². The average molecular weight is 172 g/mol. The highest BCUT2D eigenvalue weighted by molar-refractivity contribution is 7.87. The average Bonchev–Trinajstić information content (AvgIpc) is 1.85. The van der Waals surface area contributed by atoms with Crippen LogP contribution in [0.25, 0.3) is 0 Å². The van der Waals surface area contributed by atoms with Gasteiger partial charge in [0.25, 0.3) is 0 Å². The van der Waals surface area contributed by atoms with E-state index in [1.807, 2.05) is 4.72 Å². The first-order chi connectivity index (χ1) is 5.08. The highest BCUT2D eigenvalue weighted by Crippen LogP contribution is 2.05. The van der Waals surface area contributed by atoms with E-state index in [-0.39, 0.29) is 0 Å². The topological polar surface area (TPSA) is 66.4 Å². The first kappa shape index (κ1) is 8.03. The highest BCUT2D eigenvalue weighted by atomic mass is 32.2. The predicted molar refractivity (Wildman–Crippen MR) is 40.4 cm³/mol. The number of hydrogen-bond donors (Lipinski definition) is 2. The minimum Gasteiger partial charge on any atom is -0.269 e. The van der Waals surface area contributed by atoms with E-state index < -0.39 is 10.3 Å². The molecule has 11 heavy (non-hydrogen) atoms. The Morgan fingerprint density at radius 3 is 2.36 bits per heavy atom. The Balaban J connectivity index is 2.82. The molecule has 0 aliphatic heterocycles. The molecule has 0 heterocycles. The Kier molecular flexibility index (Phi) is 2.11. The molecule has 59 valence electrons. The standard InChI is InChI=1S/C6H6NO3S/c8-11(9,10)7-6-4-2-1-3-5-6/h2-5,7H,(H,8,9,10). The lowest BCUT2D eigenvalue weighted by atomic mass is 10.3. The molecule has 0 aromatic heterocycles. The second-order valence-electron chi connectivity index (χ2n) is 1.87. The molecule has 0 spiro atoms. The molecule has 0 atom stereocenters. The van der Waals surface area contributed by atoms with Crippen molar-refractivity contribution in [3.63, 3.8) is 0 Å². The number of rotatable bonds is 2. The van der Waals surface area contributed by atoms with E-state index in [4.69, 9.17) is 4.55 Å². The van der Waals surface area contributed by atoms with Gasteiger partial charge < -0.3 is 0 Å². The van der Waals surface area contributed by atoms with Crippen LogP contribution < -0.4 is 4.72 Å². The molecule has 0 bridgehead atoms. The lowest BCUT2D eigenvalue weighted by Crippen LogP contribution is -2.09. The van der Waals surface area contributed by atoms with Gasteiger partial charge in [0, 0.05) is 0 Å². The maximum atomic E-state index is 10.2. The lowest BCUT2D eigenvalue weighted by Gasteiger charge is -1.99. The van der Waals surface area contributed by atoms with Crippen LogP contribution in [0.4, 0.5) is 5.69 Å². The summed E-state index contributed by atoms with van der Waals surface area (Å²) in [6, 6.07) is 8.73. The summed E-state index contributed by atoms with van der Waals surface area (Å²) in [5, 5.41) is 0. The molecular weight excluding hydrogens is 166 g/mol. The largest absolute Gasteiger partial charge is 0.357 e. The Morgan fingerprint density at radius 2 is 1.91 bits per heavy atom. The van der Waals surface area contributed by atoms with Crippen molar-refractivity contribution < 1.29 is 13.0 Å². The third kappa shape index (κ3) is 3.01. The monoisotopic (exact) mass is 172 g/mol. The fourth-order valence-corrected chi connectivity index (χ4v) is 1.04. The molecule has 1 radical (unpaired) electrons. The summed E-state index contributed by atoms with van der Waals surface area (Å²) in [7, 11) is -4.14. The van der Waals surface area contributed by atoms with Gasteiger partial charge in [0.1, 0.15) is 0 Å². The van der Waals surface area contributed by atoms with Gasteiger partial charge in [0.15, 0.2) is 0 Å². The van der Waals surface area contributed by atoms with Crippen molar-refractivity contribution >= 4 is 16.0 Å². The molecule has 0 saturated heterocycles. The lowest BCUT2D eigenvalue weighted by molar-refractivity contribution is 0.490. The van der Waals surface area contributed by atoms with Crippen LogP contribution in [0.3, 0.4) is 0 Å². The molecule has 1 aromatic carbocycles. The zero-order valence-electron chi connectivity index (χ0n) is 5.48. The van der Waals surface area contributed by atoms with E-state index in [0.717, 1.165) is 0 Å². The van der Waals surface area contributed by atoms with Crippen molar-refractivity contribution in [1.82, 2.24) is 0 Å².